The fourth-order valence-electron chi connectivity index (χ4n) is 0.504. The van der Waals surface area contributed by atoms with Crippen molar-refractivity contribution in [3.05, 3.63) is 23.8 Å². The van der Waals surface area contributed by atoms with Crippen molar-refractivity contribution in [2.24, 2.45) is 11.7 Å². The number of carbonyl (C=O) groups excluding carboxylic acids is 1. The summed E-state index contributed by atoms with van der Waals surface area (Å²) < 4.78 is 0. The second-order valence-electron chi connectivity index (χ2n) is 2.84. The van der Waals surface area contributed by atoms with E-state index in [9.17, 15) is 4.79 Å². The van der Waals surface area contributed by atoms with Crippen molar-refractivity contribution >= 4 is 5.91 Å². The van der Waals surface area contributed by atoms with Crippen LogP contribution in [0, 0.1) is 5.92 Å². The lowest BCUT2D eigenvalue weighted by Crippen LogP contribution is -2.11. The minimum Gasteiger partial charge on any atom is -0.366 e. The summed E-state index contributed by atoms with van der Waals surface area (Å²) in [5.74, 6) is 0.144. The number of allylic oxidation sites excluding steroid dienone is 3. The van der Waals surface area contributed by atoms with E-state index in [1.165, 1.54) is 0 Å². The molecule has 0 radical (unpaired) electrons. The number of nitrogens with two attached hydrogens (primary N) is 1. The zero-order chi connectivity index (χ0) is 8.85. The van der Waals surface area contributed by atoms with E-state index >= 15 is 0 Å². The summed E-state index contributed by atoms with van der Waals surface area (Å²) in [6.45, 7) is 5.85. The van der Waals surface area contributed by atoms with Gasteiger partial charge in [-0.05, 0) is 12.8 Å². The molecule has 0 bridgehead atoms. The molecule has 0 heterocycles. The molecule has 2 N–H and O–H groups in total. The zero-order valence-electron chi connectivity index (χ0n) is 7.29. The molecule has 0 fully saturated rings. The fourth-order valence-corrected chi connectivity index (χ4v) is 0.504. The van der Waals surface area contributed by atoms with Crippen LogP contribution in [-0.4, -0.2) is 5.91 Å². The second-order valence-corrected chi connectivity index (χ2v) is 2.84. The van der Waals surface area contributed by atoms with Crippen LogP contribution in [0.1, 0.15) is 20.8 Å². The highest BCUT2D eigenvalue weighted by Gasteiger charge is 1.92. The molecule has 0 spiro atoms. The first kappa shape index (κ1) is 9.95. The number of primary amides is 1. The average molecular weight is 153 g/mol. The topological polar surface area (TPSA) is 43.1 Å². The molecule has 1 amide bonds. The molecule has 0 aromatic rings. The van der Waals surface area contributed by atoms with Crippen LogP contribution in [0.3, 0.4) is 0 Å². The molecule has 0 atom stereocenters. The first-order valence-corrected chi connectivity index (χ1v) is 3.69. The van der Waals surface area contributed by atoms with Gasteiger partial charge in [-0.1, -0.05) is 32.1 Å². The van der Waals surface area contributed by atoms with E-state index in [1.807, 2.05) is 12.2 Å². The molecule has 11 heavy (non-hydrogen) atoms. The highest BCUT2D eigenvalue weighted by molar-refractivity contribution is 5.91. The standard InChI is InChI=1S/C9H15NO/c1-7(2)5-4-6-8(3)9(10)11/h4-7H,1-3H3,(H2,10,11)/b5-4+,8-6-. The highest BCUT2D eigenvalue weighted by Crippen LogP contribution is 1.96. The summed E-state index contributed by atoms with van der Waals surface area (Å²) >= 11 is 0. The Morgan fingerprint density at radius 2 is 2.00 bits per heavy atom. The minimum absolute atomic E-state index is 0.363. The normalized spacial score (nSPS) is 12.9. The summed E-state index contributed by atoms with van der Waals surface area (Å²) in [5.41, 5.74) is 5.60. The van der Waals surface area contributed by atoms with E-state index in [4.69, 9.17) is 5.73 Å². The molecule has 0 rings (SSSR count). The Balaban J connectivity index is 4.02. The molecule has 0 aromatic heterocycles. The third-order valence-electron chi connectivity index (χ3n) is 1.23. The smallest absolute Gasteiger partial charge is 0.244 e. The van der Waals surface area contributed by atoms with Crippen LogP contribution in [0.2, 0.25) is 0 Å². The average Bonchev–Trinajstić information content (AvgIpc) is 1.86. The van der Waals surface area contributed by atoms with Crippen molar-refractivity contribution in [1.82, 2.24) is 0 Å². The second kappa shape index (κ2) is 4.72. The van der Waals surface area contributed by atoms with Crippen LogP contribution in [0.25, 0.3) is 0 Å². The molecular weight excluding hydrogens is 138 g/mol. The Kier molecular flexibility index (Phi) is 4.27. The predicted octanol–water partition coefficient (Wildman–Crippen LogP) is 1.63. The summed E-state index contributed by atoms with van der Waals surface area (Å²) in [4.78, 5) is 10.5. The van der Waals surface area contributed by atoms with Gasteiger partial charge in [-0.2, -0.15) is 0 Å². The number of rotatable bonds is 3. The van der Waals surface area contributed by atoms with Crippen LogP contribution < -0.4 is 5.73 Å². The van der Waals surface area contributed by atoms with E-state index in [1.54, 1.807) is 13.0 Å². The lowest BCUT2D eigenvalue weighted by Gasteiger charge is -1.91. The van der Waals surface area contributed by atoms with Gasteiger partial charge in [0.05, 0.1) is 0 Å². The lowest BCUT2D eigenvalue weighted by atomic mass is 10.2. The predicted molar refractivity (Wildman–Crippen MR) is 46.9 cm³/mol. The molecule has 2 heteroatoms. The van der Waals surface area contributed by atoms with E-state index < -0.39 is 0 Å². The van der Waals surface area contributed by atoms with Crippen LogP contribution in [-0.2, 0) is 4.79 Å². The van der Waals surface area contributed by atoms with Gasteiger partial charge in [0.25, 0.3) is 0 Å². The molecule has 0 saturated carbocycles. The maximum Gasteiger partial charge on any atom is 0.244 e. The van der Waals surface area contributed by atoms with E-state index in [-0.39, 0.29) is 5.91 Å². The van der Waals surface area contributed by atoms with E-state index in [2.05, 4.69) is 13.8 Å². The van der Waals surface area contributed by atoms with Gasteiger partial charge in [0, 0.05) is 5.57 Å². The number of hydrogen-bond acceptors (Lipinski definition) is 1. The van der Waals surface area contributed by atoms with Gasteiger partial charge in [0.2, 0.25) is 5.91 Å². The monoisotopic (exact) mass is 153 g/mol. The SMILES string of the molecule is C/C(=C/C=C/C(C)C)C(N)=O. The van der Waals surface area contributed by atoms with Crippen LogP contribution in [0.5, 0.6) is 0 Å². The maximum absolute atomic E-state index is 10.5. The van der Waals surface area contributed by atoms with Crippen molar-refractivity contribution in [3.63, 3.8) is 0 Å². The Labute approximate surface area is 67.8 Å². The van der Waals surface area contributed by atoms with Gasteiger partial charge in [-0.25, -0.2) is 0 Å². The third-order valence-corrected chi connectivity index (χ3v) is 1.23. The fraction of sp³-hybridized carbons (Fsp3) is 0.444. The number of carbonyl (C=O) groups is 1. The summed E-state index contributed by atoms with van der Waals surface area (Å²) in [6, 6.07) is 0. The Morgan fingerprint density at radius 3 is 2.36 bits per heavy atom. The Hall–Kier alpha value is -1.05. The zero-order valence-corrected chi connectivity index (χ0v) is 7.29. The third kappa shape index (κ3) is 5.40. The van der Waals surface area contributed by atoms with Crippen LogP contribution >= 0.6 is 0 Å². The van der Waals surface area contributed by atoms with Crippen molar-refractivity contribution in [2.45, 2.75) is 20.8 Å². The van der Waals surface area contributed by atoms with Crippen molar-refractivity contribution < 1.29 is 4.79 Å². The first-order valence-electron chi connectivity index (χ1n) is 3.69. The Morgan fingerprint density at radius 1 is 1.45 bits per heavy atom. The molecule has 0 aliphatic carbocycles. The van der Waals surface area contributed by atoms with E-state index in [0.29, 0.717) is 11.5 Å². The molecule has 2 nitrogen and oxygen atoms in total. The molecule has 62 valence electrons. The van der Waals surface area contributed by atoms with Gasteiger partial charge in [0.15, 0.2) is 0 Å². The van der Waals surface area contributed by atoms with Crippen LogP contribution in [0.4, 0.5) is 0 Å². The molecule has 0 saturated heterocycles. The lowest BCUT2D eigenvalue weighted by molar-refractivity contribution is -0.114. The maximum atomic E-state index is 10.5. The summed E-state index contributed by atoms with van der Waals surface area (Å²) in [6.07, 6.45) is 5.58. The molecule has 0 aliphatic heterocycles. The molecular formula is C9H15NO. The Bertz CT molecular complexity index is 190. The van der Waals surface area contributed by atoms with Gasteiger partial charge in [-0.3, -0.25) is 4.79 Å². The van der Waals surface area contributed by atoms with Gasteiger partial charge >= 0.3 is 0 Å². The van der Waals surface area contributed by atoms with Gasteiger partial charge in [0.1, 0.15) is 0 Å². The summed E-state index contributed by atoms with van der Waals surface area (Å²) in [5, 5.41) is 0. The number of amides is 1. The quantitative estimate of drug-likeness (QED) is 0.486. The van der Waals surface area contributed by atoms with Gasteiger partial charge in [-0.15, -0.1) is 0 Å². The first-order chi connectivity index (χ1) is 5.04. The van der Waals surface area contributed by atoms with Crippen molar-refractivity contribution in [3.8, 4) is 0 Å². The molecule has 0 aliphatic rings. The van der Waals surface area contributed by atoms with Crippen molar-refractivity contribution in [2.75, 3.05) is 0 Å². The minimum atomic E-state index is -0.363. The van der Waals surface area contributed by atoms with Crippen molar-refractivity contribution in [1.29, 1.82) is 0 Å². The number of hydrogen-bond donors (Lipinski definition) is 1. The largest absolute Gasteiger partial charge is 0.366 e. The molecule has 0 aromatic carbocycles. The highest BCUT2D eigenvalue weighted by atomic mass is 16.1. The van der Waals surface area contributed by atoms with Crippen LogP contribution in [0.15, 0.2) is 23.8 Å². The van der Waals surface area contributed by atoms with Gasteiger partial charge < -0.3 is 5.73 Å². The summed E-state index contributed by atoms with van der Waals surface area (Å²) in [7, 11) is 0. The van der Waals surface area contributed by atoms with E-state index in [0.717, 1.165) is 0 Å². The molecule has 0 unspecified atom stereocenters.